The maximum absolute atomic E-state index is 12.7. The maximum atomic E-state index is 12.7. The molecule has 7 nitrogen and oxygen atoms in total. The molecule has 1 saturated heterocycles. The third-order valence-electron chi connectivity index (χ3n) is 5.55. The number of hydrogen-bond donors (Lipinski definition) is 2. The topological polar surface area (TPSA) is 95.9 Å². The van der Waals surface area contributed by atoms with Gasteiger partial charge in [-0.3, -0.25) is 14.5 Å². The van der Waals surface area contributed by atoms with Crippen molar-refractivity contribution in [3.05, 3.63) is 29.8 Å². The summed E-state index contributed by atoms with van der Waals surface area (Å²) in [6.45, 7) is 4.94. The Bertz CT molecular complexity index is 711. The number of piperidine rings is 1. The molecule has 1 atom stereocenters. The predicted molar refractivity (Wildman–Crippen MR) is 107 cm³/mol. The Balaban J connectivity index is 2.23. The number of benzene rings is 1. The summed E-state index contributed by atoms with van der Waals surface area (Å²) < 4.78 is 5.08. The number of para-hydroxylation sites is 1. The Kier molecular flexibility index (Phi) is 7.57. The highest BCUT2D eigenvalue weighted by Crippen LogP contribution is 2.32. The van der Waals surface area contributed by atoms with Crippen LogP contribution in [0.4, 0.5) is 5.69 Å². The van der Waals surface area contributed by atoms with Crippen molar-refractivity contribution in [1.82, 2.24) is 4.90 Å². The van der Waals surface area contributed by atoms with Crippen LogP contribution < -0.4 is 5.32 Å². The summed E-state index contributed by atoms with van der Waals surface area (Å²) in [5, 5.41) is 12.4. The molecule has 1 heterocycles. The Morgan fingerprint density at radius 3 is 2.39 bits per heavy atom. The minimum atomic E-state index is -0.934. The molecule has 1 aliphatic heterocycles. The van der Waals surface area contributed by atoms with Gasteiger partial charge in [0.15, 0.2) is 5.78 Å². The van der Waals surface area contributed by atoms with E-state index in [1.54, 1.807) is 25.1 Å². The van der Waals surface area contributed by atoms with Crippen LogP contribution in [0.3, 0.4) is 0 Å². The quantitative estimate of drug-likeness (QED) is 0.494. The van der Waals surface area contributed by atoms with Crippen molar-refractivity contribution < 1.29 is 24.2 Å². The van der Waals surface area contributed by atoms with Gasteiger partial charge >= 0.3 is 11.9 Å². The normalized spacial score (nSPS) is 17.5. The van der Waals surface area contributed by atoms with E-state index < -0.39 is 11.5 Å². The number of carbonyl (C=O) groups is 3. The lowest BCUT2D eigenvalue weighted by atomic mass is 9.85. The fourth-order valence-corrected chi connectivity index (χ4v) is 3.86. The van der Waals surface area contributed by atoms with Crippen LogP contribution in [0.25, 0.3) is 0 Å². The van der Waals surface area contributed by atoms with Crippen LogP contribution in [0.2, 0.25) is 0 Å². The summed E-state index contributed by atoms with van der Waals surface area (Å²) in [5.41, 5.74) is 0.260. The van der Waals surface area contributed by atoms with Gasteiger partial charge in [0.2, 0.25) is 0 Å². The molecular weight excluding hydrogens is 360 g/mol. The van der Waals surface area contributed by atoms with E-state index in [1.807, 2.05) is 13.0 Å². The average molecular weight is 390 g/mol. The zero-order valence-corrected chi connectivity index (χ0v) is 16.9. The molecule has 0 amide bonds. The van der Waals surface area contributed by atoms with Gasteiger partial charge in [-0.05, 0) is 31.4 Å². The van der Waals surface area contributed by atoms with Crippen LogP contribution in [0.1, 0.15) is 56.3 Å². The SMILES string of the molecule is CCC(=O)c1ccccc1NC1(C(=O)OC)CCN(C(CC)CC(=O)O)CC1. The van der Waals surface area contributed by atoms with Gasteiger partial charge in [0, 0.05) is 36.8 Å². The minimum absolute atomic E-state index is 0.00746. The number of esters is 1. The van der Waals surface area contributed by atoms with Gasteiger partial charge in [0.05, 0.1) is 13.5 Å². The average Bonchev–Trinajstić information content (AvgIpc) is 2.71. The molecule has 1 fully saturated rings. The second-order valence-corrected chi connectivity index (χ2v) is 7.22. The third kappa shape index (κ3) is 4.90. The number of hydrogen-bond acceptors (Lipinski definition) is 6. The van der Waals surface area contributed by atoms with Crippen molar-refractivity contribution in [3.63, 3.8) is 0 Å². The number of anilines is 1. The summed E-state index contributed by atoms with van der Waals surface area (Å²) in [6, 6.07) is 7.14. The van der Waals surface area contributed by atoms with Gasteiger partial charge in [-0.1, -0.05) is 26.0 Å². The smallest absolute Gasteiger partial charge is 0.331 e. The van der Waals surface area contributed by atoms with E-state index in [1.165, 1.54) is 7.11 Å². The number of Topliss-reactive ketones (excluding diaryl/α,β-unsaturated/α-hetero) is 1. The first kappa shape index (κ1) is 21.9. The van der Waals surface area contributed by atoms with Gasteiger partial charge in [-0.15, -0.1) is 0 Å². The zero-order valence-electron chi connectivity index (χ0n) is 16.9. The Hall–Kier alpha value is -2.41. The Labute approximate surface area is 166 Å². The number of nitrogens with one attached hydrogen (secondary N) is 1. The van der Waals surface area contributed by atoms with Crippen LogP contribution in [0.5, 0.6) is 0 Å². The first-order valence-electron chi connectivity index (χ1n) is 9.81. The number of ketones is 1. The van der Waals surface area contributed by atoms with E-state index in [4.69, 9.17) is 9.84 Å². The van der Waals surface area contributed by atoms with Crippen LogP contribution in [0.15, 0.2) is 24.3 Å². The second-order valence-electron chi connectivity index (χ2n) is 7.22. The fourth-order valence-electron chi connectivity index (χ4n) is 3.86. The summed E-state index contributed by atoms with van der Waals surface area (Å²) in [4.78, 5) is 38.2. The predicted octanol–water partition coefficient (Wildman–Crippen LogP) is 2.95. The van der Waals surface area contributed by atoms with Crippen molar-refractivity contribution in [2.75, 3.05) is 25.5 Å². The van der Waals surface area contributed by atoms with Crippen molar-refractivity contribution in [1.29, 1.82) is 0 Å². The number of nitrogens with zero attached hydrogens (tertiary/aromatic N) is 1. The molecule has 154 valence electrons. The number of methoxy groups -OCH3 is 1. The lowest BCUT2D eigenvalue weighted by Crippen LogP contribution is -2.56. The van der Waals surface area contributed by atoms with Crippen molar-refractivity contribution in [2.45, 2.75) is 57.5 Å². The highest BCUT2D eigenvalue weighted by atomic mass is 16.5. The van der Waals surface area contributed by atoms with Gasteiger partial charge in [-0.2, -0.15) is 0 Å². The molecule has 0 radical (unpaired) electrons. The first-order valence-corrected chi connectivity index (χ1v) is 9.81. The molecule has 1 aromatic carbocycles. The zero-order chi connectivity index (χ0) is 20.7. The number of carboxylic acid groups (broad SMARTS) is 1. The summed E-state index contributed by atoms with van der Waals surface area (Å²) in [5.74, 6) is -1.17. The Morgan fingerprint density at radius 1 is 1.21 bits per heavy atom. The van der Waals surface area contributed by atoms with Crippen LogP contribution >= 0.6 is 0 Å². The van der Waals surface area contributed by atoms with Gasteiger partial charge in [0.25, 0.3) is 0 Å². The molecule has 0 spiro atoms. The van der Waals surface area contributed by atoms with Crippen molar-refractivity contribution in [3.8, 4) is 0 Å². The van der Waals surface area contributed by atoms with Gasteiger partial charge in [0.1, 0.15) is 5.54 Å². The molecular formula is C21H30N2O5. The van der Waals surface area contributed by atoms with Crippen LogP contribution in [-0.2, 0) is 14.3 Å². The molecule has 0 aromatic heterocycles. The molecule has 2 N–H and O–H groups in total. The highest BCUT2D eigenvalue weighted by Gasteiger charge is 2.44. The fraction of sp³-hybridized carbons (Fsp3) is 0.571. The summed E-state index contributed by atoms with van der Waals surface area (Å²) >= 11 is 0. The number of ether oxygens (including phenoxy) is 1. The van der Waals surface area contributed by atoms with Crippen LogP contribution in [-0.4, -0.2) is 59.5 Å². The van der Waals surface area contributed by atoms with Gasteiger partial charge < -0.3 is 15.2 Å². The third-order valence-corrected chi connectivity index (χ3v) is 5.55. The molecule has 1 aliphatic rings. The van der Waals surface area contributed by atoms with E-state index in [-0.39, 0.29) is 24.2 Å². The molecule has 28 heavy (non-hydrogen) atoms. The highest BCUT2D eigenvalue weighted by molar-refractivity contribution is 6.01. The van der Waals surface area contributed by atoms with Crippen molar-refractivity contribution >= 4 is 23.4 Å². The summed E-state index contributed by atoms with van der Waals surface area (Å²) in [6.07, 6.45) is 2.15. The molecule has 2 rings (SSSR count). The number of aliphatic carboxylic acids is 1. The number of carbonyl (C=O) groups excluding carboxylic acids is 2. The van der Waals surface area contributed by atoms with Crippen LogP contribution in [0, 0.1) is 0 Å². The van der Waals surface area contributed by atoms with E-state index in [0.717, 1.165) is 6.42 Å². The summed E-state index contributed by atoms with van der Waals surface area (Å²) in [7, 11) is 1.36. The minimum Gasteiger partial charge on any atom is -0.481 e. The molecule has 1 unspecified atom stereocenters. The number of likely N-dealkylation sites (tertiary alicyclic amines) is 1. The maximum Gasteiger partial charge on any atom is 0.331 e. The number of carboxylic acids is 1. The van der Waals surface area contributed by atoms with E-state index in [0.29, 0.717) is 43.6 Å². The van der Waals surface area contributed by atoms with E-state index in [2.05, 4.69) is 10.2 Å². The molecule has 0 saturated carbocycles. The largest absolute Gasteiger partial charge is 0.481 e. The lowest BCUT2D eigenvalue weighted by Gasteiger charge is -2.43. The molecule has 7 heteroatoms. The standard InChI is InChI=1S/C21H30N2O5/c1-4-15(14-19(25)26)23-12-10-21(11-13-23,20(27)28-3)22-17-9-7-6-8-16(17)18(24)5-2/h6-9,15,22H,4-5,10-14H2,1-3H3,(H,25,26). The van der Waals surface area contributed by atoms with Gasteiger partial charge in [-0.25, -0.2) is 4.79 Å². The molecule has 0 bridgehead atoms. The Morgan fingerprint density at radius 2 is 1.86 bits per heavy atom. The molecule has 1 aromatic rings. The molecule has 0 aliphatic carbocycles. The van der Waals surface area contributed by atoms with Crippen molar-refractivity contribution in [2.24, 2.45) is 0 Å². The number of rotatable bonds is 9. The lowest BCUT2D eigenvalue weighted by molar-refractivity contribution is -0.148. The first-order chi connectivity index (χ1) is 13.4. The second kappa shape index (κ2) is 9.68. The van der Waals surface area contributed by atoms with E-state index >= 15 is 0 Å². The van der Waals surface area contributed by atoms with E-state index in [9.17, 15) is 14.4 Å². The monoisotopic (exact) mass is 390 g/mol.